The minimum Gasteiger partial charge on any atom is -0.496 e. The Bertz CT molecular complexity index is 1350. The molecular weight excluding hydrogens is 436 g/mol. The third-order valence-corrected chi connectivity index (χ3v) is 7.94. The number of carbonyl (C=O) groups excluding carboxylic acids is 1. The third kappa shape index (κ3) is 4.10. The molecule has 0 unspecified atom stereocenters. The molecule has 3 saturated heterocycles. The number of hydrogen-bond acceptors (Lipinski definition) is 3. The number of nitrogens with one attached hydrogen (secondary N) is 1. The Balaban J connectivity index is 1.24. The zero-order valence-corrected chi connectivity index (χ0v) is 20.1. The number of ether oxygens (including phenoxy) is 1. The van der Waals surface area contributed by atoms with Gasteiger partial charge in [0.25, 0.3) is 5.91 Å². The highest BCUT2D eigenvalue weighted by Gasteiger charge is 2.46. The number of piperidine rings is 3. The first-order chi connectivity index (χ1) is 17.1. The fourth-order valence-corrected chi connectivity index (χ4v) is 6.14. The van der Waals surface area contributed by atoms with Crippen LogP contribution in [0.2, 0.25) is 0 Å². The van der Waals surface area contributed by atoms with Crippen molar-refractivity contribution >= 4 is 16.9 Å². The maximum Gasteiger partial charge on any atom is 0.287 e. The number of hydrogen-bond donors (Lipinski definition) is 1. The van der Waals surface area contributed by atoms with E-state index in [4.69, 9.17) is 9.15 Å². The van der Waals surface area contributed by atoms with Crippen molar-refractivity contribution in [2.75, 3.05) is 26.7 Å². The lowest BCUT2D eigenvalue weighted by Gasteiger charge is -2.52. The van der Waals surface area contributed by atoms with Crippen LogP contribution in [-0.4, -0.2) is 43.2 Å². The zero-order valence-electron chi connectivity index (χ0n) is 20.1. The van der Waals surface area contributed by atoms with E-state index < -0.39 is 0 Å². The normalized spacial score (nSPS) is 23.3. The summed E-state index contributed by atoms with van der Waals surface area (Å²) < 4.78 is 12.8. The van der Waals surface area contributed by atoms with Gasteiger partial charge in [0.1, 0.15) is 17.9 Å². The molecule has 1 amide bonds. The molecule has 1 N–H and O–H groups in total. The molecule has 3 aliphatic rings. The SMILES string of the molecule is COc1ccccc1-c1cccc2cc(C(=O)N[C@H]3C[N+]4(Cc5ccccc5)CCC3CC4)oc12. The molecule has 1 aromatic heterocycles. The van der Waals surface area contributed by atoms with Gasteiger partial charge in [0.15, 0.2) is 5.76 Å². The Labute approximate surface area is 205 Å². The van der Waals surface area contributed by atoms with Gasteiger partial charge in [0.2, 0.25) is 0 Å². The maximum absolute atomic E-state index is 13.4. The largest absolute Gasteiger partial charge is 0.496 e. The van der Waals surface area contributed by atoms with Crippen molar-refractivity contribution < 1.29 is 18.4 Å². The number of fused-ring (bicyclic) bond motifs is 4. The summed E-state index contributed by atoms with van der Waals surface area (Å²) in [6.07, 6.45) is 2.33. The van der Waals surface area contributed by atoms with Crippen LogP contribution in [0.3, 0.4) is 0 Å². The fraction of sp³-hybridized carbons (Fsp3) is 0.300. The highest BCUT2D eigenvalue weighted by atomic mass is 16.5. The number of amides is 1. The molecule has 4 heterocycles. The molecule has 0 aliphatic carbocycles. The Morgan fingerprint density at radius 2 is 1.71 bits per heavy atom. The third-order valence-electron chi connectivity index (χ3n) is 7.94. The summed E-state index contributed by atoms with van der Waals surface area (Å²) in [5.41, 5.74) is 3.96. The molecule has 178 valence electrons. The van der Waals surface area contributed by atoms with Crippen LogP contribution in [0, 0.1) is 5.92 Å². The van der Waals surface area contributed by atoms with Gasteiger partial charge in [0, 0.05) is 34.9 Å². The van der Waals surface area contributed by atoms with Crippen molar-refractivity contribution in [2.24, 2.45) is 5.92 Å². The lowest BCUT2D eigenvalue weighted by atomic mass is 9.81. The number of furan rings is 1. The second kappa shape index (κ2) is 8.90. The first kappa shape index (κ1) is 21.9. The Kier molecular flexibility index (Phi) is 5.57. The summed E-state index contributed by atoms with van der Waals surface area (Å²) in [6, 6.07) is 26.6. The van der Waals surface area contributed by atoms with E-state index in [-0.39, 0.29) is 11.9 Å². The number of quaternary nitrogens is 1. The molecule has 3 fully saturated rings. The summed E-state index contributed by atoms with van der Waals surface area (Å²) in [5.74, 6) is 1.57. The number of rotatable bonds is 6. The first-order valence-corrected chi connectivity index (χ1v) is 12.5. The van der Waals surface area contributed by atoms with Gasteiger partial charge >= 0.3 is 0 Å². The number of carbonyl (C=O) groups is 1. The Morgan fingerprint density at radius 3 is 2.51 bits per heavy atom. The molecule has 5 heteroatoms. The van der Waals surface area contributed by atoms with E-state index >= 15 is 0 Å². The predicted octanol–water partition coefficient (Wildman–Crippen LogP) is 5.65. The summed E-state index contributed by atoms with van der Waals surface area (Å²) in [4.78, 5) is 13.4. The molecule has 1 atom stereocenters. The van der Waals surface area contributed by atoms with E-state index in [2.05, 4.69) is 35.6 Å². The number of benzene rings is 3. The lowest BCUT2D eigenvalue weighted by Crippen LogP contribution is -2.66. The Hall–Kier alpha value is -3.57. The van der Waals surface area contributed by atoms with Crippen LogP contribution in [0.25, 0.3) is 22.1 Å². The summed E-state index contributed by atoms with van der Waals surface area (Å²) in [5, 5.41) is 4.26. The Morgan fingerprint density at radius 1 is 0.971 bits per heavy atom. The second-order valence-corrected chi connectivity index (χ2v) is 10.1. The second-order valence-electron chi connectivity index (χ2n) is 10.1. The van der Waals surface area contributed by atoms with E-state index in [0.29, 0.717) is 17.3 Å². The smallest absolute Gasteiger partial charge is 0.287 e. The van der Waals surface area contributed by atoms with Crippen molar-refractivity contribution in [2.45, 2.75) is 25.4 Å². The van der Waals surface area contributed by atoms with Gasteiger partial charge in [-0.15, -0.1) is 0 Å². The quantitative estimate of drug-likeness (QED) is 0.373. The van der Waals surface area contributed by atoms with E-state index in [1.165, 1.54) is 18.7 Å². The van der Waals surface area contributed by atoms with Crippen LogP contribution in [-0.2, 0) is 6.54 Å². The molecule has 2 bridgehead atoms. The summed E-state index contributed by atoms with van der Waals surface area (Å²) >= 11 is 0. The summed E-state index contributed by atoms with van der Waals surface area (Å²) in [7, 11) is 1.67. The average Bonchev–Trinajstić information content (AvgIpc) is 3.35. The monoisotopic (exact) mass is 467 g/mol. The molecular formula is C30H31N2O3+. The molecule has 3 aliphatic heterocycles. The van der Waals surface area contributed by atoms with E-state index in [1.807, 2.05) is 48.5 Å². The van der Waals surface area contributed by atoms with Gasteiger partial charge in [-0.2, -0.15) is 0 Å². The predicted molar refractivity (Wildman–Crippen MR) is 137 cm³/mol. The van der Waals surface area contributed by atoms with Crippen LogP contribution in [0.5, 0.6) is 5.75 Å². The maximum atomic E-state index is 13.4. The highest BCUT2D eigenvalue weighted by molar-refractivity contribution is 6.00. The van der Waals surface area contributed by atoms with Gasteiger partial charge in [-0.3, -0.25) is 4.79 Å². The lowest BCUT2D eigenvalue weighted by molar-refractivity contribution is -0.956. The van der Waals surface area contributed by atoms with Crippen LogP contribution in [0.1, 0.15) is 29.0 Å². The van der Waals surface area contributed by atoms with Crippen molar-refractivity contribution in [1.82, 2.24) is 5.32 Å². The van der Waals surface area contributed by atoms with Crippen LogP contribution < -0.4 is 10.1 Å². The van der Waals surface area contributed by atoms with Gasteiger partial charge < -0.3 is 19.0 Å². The van der Waals surface area contributed by atoms with Crippen LogP contribution >= 0.6 is 0 Å². The molecule has 7 rings (SSSR count). The van der Waals surface area contributed by atoms with E-state index in [9.17, 15) is 4.79 Å². The fourth-order valence-electron chi connectivity index (χ4n) is 6.14. The van der Waals surface area contributed by atoms with Crippen molar-refractivity contribution in [3.8, 4) is 16.9 Å². The minimum absolute atomic E-state index is 0.121. The average molecular weight is 468 g/mol. The van der Waals surface area contributed by atoms with Crippen molar-refractivity contribution in [3.05, 3.63) is 90.2 Å². The topological polar surface area (TPSA) is 51.5 Å². The molecule has 5 nitrogen and oxygen atoms in total. The van der Waals surface area contributed by atoms with Crippen molar-refractivity contribution in [3.63, 3.8) is 0 Å². The van der Waals surface area contributed by atoms with Crippen LogP contribution in [0.15, 0.2) is 83.3 Å². The van der Waals surface area contributed by atoms with Gasteiger partial charge in [0.05, 0.1) is 32.8 Å². The molecule has 3 aromatic carbocycles. The van der Waals surface area contributed by atoms with Crippen LogP contribution in [0.4, 0.5) is 0 Å². The molecule has 0 spiro atoms. The summed E-state index contributed by atoms with van der Waals surface area (Å²) in [6.45, 7) is 4.41. The molecule has 0 radical (unpaired) electrons. The highest BCUT2D eigenvalue weighted by Crippen LogP contribution is 2.38. The van der Waals surface area contributed by atoms with Gasteiger partial charge in [-0.25, -0.2) is 0 Å². The number of methoxy groups -OCH3 is 1. The molecule has 4 aromatic rings. The van der Waals surface area contributed by atoms with Gasteiger partial charge in [-0.1, -0.05) is 66.7 Å². The zero-order chi connectivity index (χ0) is 23.8. The van der Waals surface area contributed by atoms with Gasteiger partial charge in [-0.05, 0) is 18.1 Å². The molecule has 0 saturated carbocycles. The minimum atomic E-state index is -0.121. The van der Waals surface area contributed by atoms with E-state index in [1.54, 1.807) is 7.11 Å². The standard InChI is InChI=1S/C30H30N2O3/c1-34-27-13-6-5-11-24(27)25-12-7-10-23-18-28(35-29(23)25)30(33)31-26-20-32(16-14-22(26)15-17-32)19-21-8-3-2-4-9-21/h2-13,18,22,26H,14-17,19-20H2,1H3/p+1/t22?,26-,32?/m0/s1. The number of para-hydroxylation sites is 2. The molecule has 35 heavy (non-hydrogen) atoms. The first-order valence-electron chi connectivity index (χ1n) is 12.5. The van der Waals surface area contributed by atoms with E-state index in [0.717, 1.165) is 52.7 Å². The number of nitrogens with zero attached hydrogens (tertiary/aromatic N) is 1. The van der Waals surface area contributed by atoms with Crippen molar-refractivity contribution in [1.29, 1.82) is 0 Å².